The average molecular weight is 317 g/mol. The quantitative estimate of drug-likeness (QED) is 0.873. The maximum atomic E-state index is 6.01. The Balaban J connectivity index is 0.00000220. The Bertz CT molecular complexity index is 422. The summed E-state index contributed by atoms with van der Waals surface area (Å²) in [7, 11) is 0. The fourth-order valence-electron chi connectivity index (χ4n) is 2.84. The van der Waals surface area contributed by atoms with E-state index in [4.69, 9.17) is 10.3 Å². The molecular formula is C15H29ClN4O. The molecule has 0 amide bonds. The molecule has 0 bridgehead atoms. The maximum Gasteiger partial charge on any atom is 0.240 e. The van der Waals surface area contributed by atoms with Crippen LogP contribution in [0.1, 0.15) is 65.1 Å². The van der Waals surface area contributed by atoms with Gasteiger partial charge in [0.15, 0.2) is 5.82 Å². The number of hydrogen-bond acceptors (Lipinski definition) is 5. The van der Waals surface area contributed by atoms with Crippen LogP contribution >= 0.6 is 12.4 Å². The smallest absolute Gasteiger partial charge is 0.240 e. The number of nitrogens with zero attached hydrogens (tertiary/aromatic N) is 3. The highest BCUT2D eigenvalue weighted by Gasteiger charge is 2.26. The summed E-state index contributed by atoms with van der Waals surface area (Å²) in [5, 5.41) is 4.01. The Morgan fingerprint density at radius 3 is 2.43 bits per heavy atom. The third kappa shape index (κ3) is 5.24. The second kappa shape index (κ2) is 7.56. The van der Waals surface area contributed by atoms with Gasteiger partial charge in [-0.05, 0) is 32.6 Å². The van der Waals surface area contributed by atoms with Crippen LogP contribution in [0.25, 0.3) is 0 Å². The van der Waals surface area contributed by atoms with Gasteiger partial charge < -0.3 is 10.3 Å². The van der Waals surface area contributed by atoms with Gasteiger partial charge in [0, 0.05) is 12.6 Å². The lowest BCUT2D eigenvalue weighted by atomic mass is 10.1. The van der Waals surface area contributed by atoms with Gasteiger partial charge in [0.05, 0.1) is 12.1 Å². The van der Waals surface area contributed by atoms with Crippen molar-refractivity contribution in [2.75, 3.05) is 6.54 Å². The van der Waals surface area contributed by atoms with Crippen LogP contribution in [-0.2, 0) is 12.1 Å². The summed E-state index contributed by atoms with van der Waals surface area (Å²) >= 11 is 0. The van der Waals surface area contributed by atoms with Crippen molar-refractivity contribution in [1.29, 1.82) is 0 Å². The SMILES string of the molecule is CC(C)CN(Cc1nc(C(C)(C)N)no1)C1CCCC1.Cl. The number of aromatic nitrogens is 2. The van der Waals surface area contributed by atoms with Crippen LogP contribution in [0.3, 0.4) is 0 Å². The van der Waals surface area contributed by atoms with Crippen molar-refractivity contribution in [3.05, 3.63) is 11.7 Å². The number of nitrogens with two attached hydrogens (primary N) is 1. The van der Waals surface area contributed by atoms with E-state index in [9.17, 15) is 0 Å². The van der Waals surface area contributed by atoms with E-state index in [1.807, 2.05) is 13.8 Å². The summed E-state index contributed by atoms with van der Waals surface area (Å²) < 4.78 is 5.38. The summed E-state index contributed by atoms with van der Waals surface area (Å²) in [5.41, 5.74) is 5.46. The Morgan fingerprint density at radius 2 is 1.95 bits per heavy atom. The van der Waals surface area contributed by atoms with Gasteiger partial charge in [0.1, 0.15) is 0 Å². The van der Waals surface area contributed by atoms with Crippen LogP contribution < -0.4 is 5.73 Å². The van der Waals surface area contributed by atoms with Gasteiger partial charge in [0.25, 0.3) is 0 Å². The molecule has 0 aromatic carbocycles. The van der Waals surface area contributed by atoms with E-state index in [2.05, 4.69) is 28.9 Å². The van der Waals surface area contributed by atoms with Crippen molar-refractivity contribution in [3.8, 4) is 0 Å². The molecule has 2 rings (SSSR count). The molecule has 6 heteroatoms. The zero-order valence-corrected chi connectivity index (χ0v) is 14.4. The Labute approximate surface area is 134 Å². The van der Waals surface area contributed by atoms with Gasteiger partial charge in [-0.25, -0.2) is 0 Å². The van der Waals surface area contributed by atoms with Crippen molar-refractivity contribution in [2.24, 2.45) is 11.7 Å². The molecule has 1 aromatic rings. The van der Waals surface area contributed by atoms with Crippen LogP contribution in [0.5, 0.6) is 0 Å². The van der Waals surface area contributed by atoms with Crippen molar-refractivity contribution >= 4 is 12.4 Å². The number of halogens is 1. The highest BCUT2D eigenvalue weighted by molar-refractivity contribution is 5.85. The standard InChI is InChI=1S/C15H28N4O.ClH/c1-11(2)9-19(12-7-5-6-8-12)10-13-17-14(18-20-13)15(3,4)16;/h11-12H,5-10,16H2,1-4H3;1H. The second-order valence-electron chi connectivity index (χ2n) is 6.99. The van der Waals surface area contributed by atoms with E-state index in [1.165, 1.54) is 25.7 Å². The zero-order valence-electron chi connectivity index (χ0n) is 13.6. The first-order chi connectivity index (χ1) is 9.36. The maximum absolute atomic E-state index is 6.01. The Hall–Kier alpha value is -0.650. The van der Waals surface area contributed by atoms with E-state index in [0.29, 0.717) is 23.7 Å². The predicted octanol–water partition coefficient (Wildman–Crippen LogP) is 3.09. The first-order valence-electron chi connectivity index (χ1n) is 7.72. The first kappa shape index (κ1) is 18.4. The number of hydrogen-bond donors (Lipinski definition) is 1. The zero-order chi connectivity index (χ0) is 14.8. The molecular weight excluding hydrogens is 288 g/mol. The highest BCUT2D eigenvalue weighted by atomic mass is 35.5. The van der Waals surface area contributed by atoms with Gasteiger partial charge in [-0.15, -0.1) is 12.4 Å². The van der Waals surface area contributed by atoms with Crippen molar-refractivity contribution in [2.45, 2.75) is 71.5 Å². The third-order valence-electron chi connectivity index (χ3n) is 3.82. The Morgan fingerprint density at radius 1 is 1.33 bits per heavy atom. The molecule has 0 saturated heterocycles. The van der Waals surface area contributed by atoms with Crippen molar-refractivity contribution < 1.29 is 4.52 Å². The van der Waals surface area contributed by atoms with Crippen LogP contribution in [0.4, 0.5) is 0 Å². The largest absolute Gasteiger partial charge is 0.338 e. The van der Waals surface area contributed by atoms with Crippen LogP contribution in [0.2, 0.25) is 0 Å². The van der Waals surface area contributed by atoms with Gasteiger partial charge in [-0.1, -0.05) is 31.8 Å². The molecule has 0 radical (unpaired) electrons. The third-order valence-corrected chi connectivity index (χ3v) is 3.82. The minimum Gasteiger partial charge on any atom is -0.338 e. The minimum absolute atomic E-state index is 0. The van der Waals surface area contributed by atoms with Gasteiger partial charge in [-0.2, -0.15) is 4.98 Å². The van der Waals surface area contributed by atoms with E-state index < -0.39 is 5.54 Å². The summed E-state index contributed by atoms with van der Waals surface area (Å²) in [5.74, 6) is 1.92. The van der Waals surface area contributed by atoms with Gasteiger partial charge >= 0.3 is 0 Å². The second-order valence-corrected chi connectivity index (χ2v) is 6.99. The summed E-state index contributed by atoms with van der Waals surface area (Å²) in [6, 6.07) is 0.665. The molecule has 1 fully saturated rings. The summed E-state index contributed by atoms with van der Waals surface area (Å²) in [4.78, 5) is 6.95. The monoisotopic (exact) mass is 316 g/mol. The molecule has 0 unspecified atom stereocenters. The minimum atomic E-state index is -0.544. The van der Waals surface area contributed by atoms with Gasteiger partial charge in [0.2, 0.25) is 5.89 Å². The number of rotatable bonds is 6. The molecule has 0 spiro atoms. The lowest BCUT2D eigenvalue weighted by Crippen LogP contribution is -2.36. The van der Waals surface area contributed by atoms with Crippen LogP contribution in [-0.4, -0.2) is 27.6 Å². The highest BCUT2D eigenvalue weighted by Crippen LogP contribution is 2.25. The molecule has 122 valence electrons. The molecule has 1 heterocycles. The topological polar surface area (TPSA) is 68.2 Å². The van der Waals surface area contributed by atoms with Crippen molar-refractivity contribution in [3.63, 3.8) is 0 Å². The summed E-state index contributed by atoms with van der Waals surface area (Å²) in [6.07, 6.45) is 5.25. The lowest BCUT2D eigenvalue weighted by Gasteiger charge is -2.28. The van der Waals surface area contributed by atoms with Crippen molar-refractivity contribution in [1.82, 2.24) is 15.0 Å². The molecule has 1 aromatic heterocycles. The molecule has 21 heavy (non-hydrogen) atoms. The lowest BCUT2D eigenvalue weighted by molar-refractivity contribution is 0.148. The molecule has 1 aliphatic carbocycles. The molecule has 5 nitrogen and oxygen atoms in total. The van der Waals surface area contributed by atoms with E-state index in [1.54, 1.807) is 0 Å². The van der Waals surface area contributed by atoms with Gasteiger partial charge in [-0.3, -0.25) is 4.90 Å². The Kier molecular flexibility index (Phi) is 6.63. The van der Waals surface area contributed by atoms with Crippen LogP contribution in [0.15, 0.2) is 4.52 Å². The van der Waals surface area contributed by atoms with E-state index in [-0.39, 0.29) is 12.4 Å². The average Bonchev–Trinajstić information content (AvgIpc) is 2.97. The first-order valence-corrected chi connectivity index (χ1v) is 7.72. The molecule has 0 atom stereocenters. The fraction of sp³-hybridized carbons (Fsp3) is 0.867. The van der Waals surface area contributed by atoms with E-state index >= 15 is 0 Å². The molecule has 1 aliphatic rings. The summed E-state index contributed by atoms with van der Waals surface area (Å²) in [6.45, 7) is 10.1. The molecule has 0 aliphatic heterocycles. The molecule has 1 saturated carbocycles. The molecule has 2 N–H and O–H groups in total. The van der Waals surface area contributed by atoms with E-state index in [0.717, 1.165) is 13.1 Å². The predicted molar refractivity (Wildman–Crippen MR) is 86.3 cm³/mol. The fourth-order valence-corrected chi connectivity index (χ4v) is 2.84. The normalized spacial score (nSPS) is 16.7. The van der Waals surface area contributed by atoms with Crippen LogP contribution in [0, 0.1) is 5.92 Å².